The molecule has 1 aliphatic rings. The van der Waals surface area contributed by atoms with Crippen LogP contribution in [0, 0.1) is 0 Å². The lowest BCUT2D eigenvalue weighted by Crippen LogP contribution is -2.50. The first kappa shape index (κ1) is 21.0. The molecule has 1 aromatic carbocycles. The molecule has 0 N–H and O–H groups in total. The molecule has 2 rings (SSSR count). The van der Waals surface area contributed by atoms with E-state index in [0.29, 0.717) is 6.42 Å². The van der Waals surface area contributed by atoms with Crippen molar-refractivity contribution in [3.63, 3.8) is 0 Å². The summed E-state index contributed by atoms with van der Waals surface area (Å²) in [7, 11) is 1.32. The molecule has 0 bridgehead atoms. The highest BCUT2D eigenvalue weighted by atomic mass is 16.6. The van der Waals surface area contributed by atoms with Crippen LogP contribution >= 0.6 is 0 Å². The predicted octanol–water partition coefficient (Wildman–Crippen LogP) is 3.70. The zero-order chi connectivity index (χ0) is 20.2. The number of benzene rings is 1. The number of hydrogen-bond acceptors (Lipinski definition) is 5. The highest BCUT2D eigenvalue weighted by Gasteiger charge is 2.50. The number of esters is 1. The van der Waals surface area contributed by atoms with Gasteiger partial charge in [0.05, 0.1) is 19.3 Å². The van der Waals surface area contributed by atoms with Crippen LogP contribution in [0.2, 0.25) is 0 Å². The number of hydrogen-bond donors (Lipinski definition) is 0. The maximum absolute atomic E-state index is 12.9. The highest BCUT2D eigenvalue weighted by Crippen LogP contribution is 2.36. The largest absolute Gasteiger partial charge is 0.466 e. The standard InChI is InChI=1S/C21H29NO5/c1-20(2,3)27-19(24)22-16(14-15-10-8-7-9-11-15)17(26-21(22,4)5)12-13-18(23)25-6/h7-13,16-17H,14H2,1-6H3/b13-12+. The highest BCUT2D eigenvalue weighted by molar-refractivity contribution is 5.81. The summed E-state index contributed by atoms with van der Waals surface area (Å²) in [5, 5.41) is 0. The van der Waals surface area contributed by atoms with Crippen LogP contribution in [0.1, 0.15) is 40.2 Å². The summed E-state index contributed by atoms with van der Waals surface area (Å²) in [4.78, 5) is 26.1. The van der Waals surface area contributed by atoms with Crippen molar-refractivity contribution in [1.29, 1.82) is 0 Å². The SMILES string of the molecule is COC(=O)/C=C/C1OC(C)(C)N(C(=O)OC(C)(C)C)C1Cc1ccccc1. The number of rotatable bonds is 4. The molecule has 0 spiro atoms. The monoisotopic (exact) mass is 375 g/mol. The third-order valence-electron chi connectivity index (χ3n) is 4.22. The molecule has 148 valence electrons. The first-order chi connectivity index (χ1) is 12.5. The summed E-state index contributed by atoms with van der Waals surface area (Å²) in [5.74, 6) is -0.467. The Labute approximate surface area is 161 Å². The van der Waals surface area contributed by atoms with Gasteiger partial charge < -0.3 is 14.2 Å². The molecule has 2 atom stereocenters. The Kier molecular flexibility index (Phi) is 6.31. The topological polar surface area (TPSA) is 65.1 Å². The zero-order valence-corrected chi connectivity index (χ0v) is 16.9. The lowest BCUT2D eigenvalue weighted by atomic mass is 10.00. The van der Waals surface area contributed by atoms with E-state index in [9.17, 15) is 9.59 Å². The molecule has 6 heteroatoms. The van der Waals surface area contributed by atoms with Crippen LogP contribution in [0.15, 0.2) is 42.5 Å². The van der Waals surface area contributed by atoms with Crippen LogP contribution in [0.3, 0.4) is 0 Å². The molecule has 1 aromatic rings. The zero-order valence-electron chi connectivity index (χ0n) is 16.9. The molecule has 1 amide bonds. The van der Waals surface area contributed by atoms with Crippen LogP contribution < -0.4 is 0 Å². The van der Waals surface area contributed by atoms with Gasteiger partial charge in [-0.15, -0.1) is 0 Å². The first-order valence-electron chi connectivity index (χ1n) is 9.04. The minimum atomic E-state index is -0.882. The fourth-order valence-corrected chi connectivity index (χ4v) is 3.15. The van der Waals surface area contributed by atoms with Crippen molar-refractivity contribution < 1.29 is 23.8 Å². The minimum absolute atomic E-state index is 0.321. The number of nitrogens with zero attached hydrogens (tertiary/aromatic N) is 1. The molecule has 1 fully saturated rings. The molecular weight excluding hydrogens is 346 g/mol. The fourth-order valence-electron chi connectivity index (χ4n) is 3.15. The Morgan fingerprint density at radius 2 is 1.85 bits per heavy atom. The average molecular weight is 375 g/mol. The van der Waals surface area contributed by atoms with Gasteiger partial charge in [0.2, 0.25) is 0 Å². The van der Waals surface area contributed by atoms with E-state index in [1.807, 2.05) is 65.0 Å². The molecule has 1 heterocycles. The second-order valence-electron chi connectivity index (χ2n) is 8.02. The quantitative estimate of drug-likeness (QED) is 0.593. The molecule has 2 unspecified atom stereocenters. The van der Waals surface area contributed by atoms with E-state index in [4.69, 9.17) is 9.47 Å². The molecule has 0 aliphatic carbocycles. The van der Waals surface area contributed by atoms with Gasteiger partial charge in [-0.1, -0.05) is 30.3 Å². The van der Waals surface area contributed by atoms with E-state index in [1.54, 1.807) is 11.0 Å². The fraction of sp³-hybridized carbons (Fsp3) is 0.524. The summed E-state index contributed by atoms with van der Waals surface area (Å²) in [6, 6.07) is 9.53. The summed E-state index contributed by atoms with van der Waals surface area (Å²) in [6.07, 6.45) is 2.64. The van der Waals surface area contributed by atoms with Gasteiger partial charge in [0.25, 0.3) is 0 Å². The number of ether oxygens (including phenoxy) is 3. The maximum Gasteiger partial charge on any atom is 0.412 e. The van der Waals surface area contributed by atoms with Crippen LogP contribution in [0.25, 0.3) is 0 Å². The Morgan fingerprint density at radius 3 is 2.41 bits per heavy atom. The summed E-state index contributed by atoms with van der Waals surface area (Å²) in [6.45, 7) is 9.13. The van der Waals surface area contributed by atoms with E-state index in [1.165, 1.54) is 13.2 Å². The van der Waals surface area contributed by atoms with Crippen molar-refractivity contribution >= 4 is 12.1 Å². The van der Waals surface area contributed by atoms with Crippen molar-refractivity contribution in [2.45, 2.75) is 64.5 Å². The van der Waals surface area contributed by atoms with Crippen molar-refractivity contribution in [3.05, 3.63) is 48.0 Å². The number of methoxy groups -OCH3 is 1. The third kappa shape index (κ3) is 5.57. The molecule has 0 saturated carbocycles. The summed E-state index contributed by atoms with van der Waals surface area (Å²) < 4.78 is 16.4. The van der Waals surface area contributed by atoms with Crippen LogP contribution in [-0.4, -0.2) is 47.5 Å². The Morgan fingerprint density at radius 1 is 1.22 bits per heavy atom. The predicted molar refractivity (Wildman–Crippen MR) is 102 cm³/mol. The normalized spacial score (nSPS) is 22.1. The smallest absolute Gasteiger partial charge is 0.412 e. The van der Waals surface area contributed by atoms with E-state index in [0.717, 1.165) is 5.56 Å². The van der Waals surface area contributed by atoms with Gasteiger partial charge in [0.15, 0.2) is 0 Å². The van der Waals surface area contributed by atoms with Crippen LogP contribution in [0.5, 0.6) is 0 Å². The molecule has 27 heavy (non-hydrogen) atoms. The van der Waals surface area contributed by atoms with Crippen LogP contribution in [-0.2, 0) is 25.4 Å². The molecule has 6 nitrogen and oxygen atoms in total. The summed E-state index contributed by atoms with van der Waals surface area (Å²) in [5.41, 5.74) is -0.439. The Bertz CT molecular complexity index is 690. The van der Waals surface area contributed by atoms with E-state index in [2.05, 4.69) is 4.74 Å². The Hall–Kier alpha value is -2.34. The minimum Gasteiger partial charge on any atom is -0.466 e. The second kappa shape index (κ2) is 8.13. The van der Waals surface area contributed by atoms with E-state index >= 15 is 0 Å². The van der Waals surface area contributed by atoms with Crippen molar-refractivity contribution in [2.24, 2.45) is 0 Å². The second-order valence-corrected chi connectivity index (χ2v) is 8.02. The molecular formula is C21H29NO5. The molecule has 0 aromatic heterocycles. The maximum atomic E-state index is 12.9. The lowest BCUT2D eigenvalue weighted by molar-refractivity contribution is -0.135. The van der Waals surface area contributed by atoms with Gasteiger partial charge >= 0.3 is 12.1 Å². The number of carbonyl (C=O) groups is 2. The van der Waals surface area contributed by atoms with Gasteiger partial charge in [0, 0.05) is 6.08 Å². The molecule has 0 radical (unpaired) electrons. The average Bonchev–Trinajstić information content (AvgIpc) is 2.82. The van der Waals surface area contributed by atoms with E-state index in [-0.39, 0.29) is 6.04 Å². The third-order valence-corrected chi connectivity index (χ3v) is 4.22. The molecule has 1 saturated heterocycles. The van der Waals surface area contributed by atoms with Gasteiger partial charge in [-0.25, -0.2) is 9.59 Å². The first-order valence-corrected chi connectivity index (χ1v) is 9.04. The van der Waals surface area contributed by atoms with Gasteiger partial charge in [0.1, 0.15) is 11.3 Å². The van der Waals surface area contributed by atoms with Crippen LogP contribution in [0.4, 0.5) is 4.79 Å². The summed E-state index contributed by atoms with van der Waals surface area (Å²) >= 11 is 0. The van der Waals surface area contributed by atoms with Crippen molar-refractivity contribution in [3.8, 4) is 0 Å². The van der Waals surface area contributed by atoms with E-state index < -0.39 is 29.5 Å². The van der Waals surface area contributed by atoms with Gasteiger partial charge in [-0.05, 0) is 52.7 Å². The molecule has 1 aliphatic heterocycles. The van der Waals surface area contributed by atoms with Gasteiger partial charge in [-0.2, -0.15) is 0 Å². The van der Waals surface area contributed by atoms with Crippen molar-refractivity contribution in [2.75, 3.05) is 7.11 Å². The Balaban J connectivity index is 2.35. The van der Waals surface area contributed by atoms with Gasteiger partial charge in [-0.3, -0.25) is 4.90 Å². The number of carbonyl (C=O) groups excluding carboxylic acids is 2. The van der Waals surface area contributed by atoms with Crippen molar-refractivity contribution in [1.82, 2.24) is 4.90 Å². The lowest BCUT2D eigenvalue weighted by Gasteiger charge is -2.35. The number of amides is 1.